The number of benzene rings is 2. The van der Waals surface area contributed by atoms with Crippen LogP contribution < -0.4 is 9.47 Å². The number of rotatable bonds is 3. The van der Waals surface area contributed by atoms with Gasteiger partial charge >= 0.3 is 0 Å². The van der Waals surface area contributed by atoms with Crippen LogP contribution in [0.25, 0.3) is 10.1 Å². The highest BCUT2D eigenvalue weighted by atomic mass is 32.2. The molecular weight excluding hydrogens is 443 g/mol. The van der Waals surface area contributed by atoms with Crippen LogP contribution in [-0.4, -0.2) is 62.9 Å². The van der Waals surface area contributed by atoms with Gasteiger partial charge in [0.2, 0.25) is 10.0 Å². The summed E-state index contributed by atoms with van der Waals surface area (Å²) in [5.41, 5.74) is 0. The monoisotopic (exact) mass is 462 g/mol. The Morgan fingerprint density at radius 1 is 0.968 bits per heavy atom. The number of amides is 1. The lowest BCUT2D eigenvalue weighted by Crippen LogP contribution is -2.50. The maximum absolute atomic E-state index is 13.9. The normalized spacial score (nSPS) is 17.1. The second kappa shape index (κ2) is 7.77. The molecule has 5 rings (SSSR count). The molecule has 0 aliphatic carbocycles. The van der Waals surface area contributed by atoms with Crippen molar-refractivity contribution >= 4 is 37.4 Å². The minimum Gasteiger partial charge on any atom is -0.486 e. The number of carbonyl (C=O) groups excluding carboxylic acids is 1. The van der Waals surface area contributed by atoms with E-state index in [1.54, 1.807) is 29.2 Å². The average Bonchev–Trinajstić information content (AvgIpc) is 3.24. The molecule has 1 amide bonds. The third kappa shape index (κ3) is 3.64. The third-order valence-corrected chi connectivity index (χ3v) is 8.38. The Balaban J connectivity index is 1.30. The van der Waals surface area contributed by atoms with E-state index >= 15 is 0 Å². The molecule has 2 aromatic carbocycles. The first-order valence-electron chi connectivity index (χ1n) is 9.80. The summed E-state index contributed by atoms with van der Waals surface area (Å²) in [7, 11) is -3.72. The fraction of sp³-hybridized carbons (Fsp3) is 0.286. The summed E-state index contributed by atoms with van der Waals surface area (Å²) in [5.74, 6) is 0.374. The van der Waals surface area contributed by atoms with Crippen molar-refractivity contribution in [2.75, 3.05) is 39.4 Å². The molecule has 1 fully saturated rings. The van der Waals surface area contributed by atoms with Crippen LogP contribution in [-0.2, 0) is 10.0 Å². The van der Waals surface area contributed by atoms with Crippen LogP contribution in [0, 0.1) is 5.82 Å². The number of ether oxygens (including phenoxy) is 2. The summed E-state index contributed by atoms with van der Waals surface area (Å²) >= 11 is 1.24. The molecule has 31 heavy (non-hydrogen) atoms. The highest BCUT2D eigenvalue weighted by molar-refractivity contribution is 7.89. The Bertz CT molecular complexity index is 1270. The quantitative estimate of drug-likeness (QED) is 0.598. The van der Waals surface area contributed by atoms with E-state index in [0.29, 0.717) is 39.7 Å². The summed E-state index contributed by atoms with van der Waals surface area (Å²) in [6, 6.07) is 10.9. The standard InChI is InChI=1S/C21H19FN2O5S2/c22-16-2-1-3-19-15(16)13-20(30-19)21(25)23-6-8-24(9-7-23)31(26,27)14-4-5-17-18(12-14)29-11-10-28-17/h1-5,12-13H,6-11H2. The van der Waals surface area contributed by atoms with Crippen LogP contribution in [0.3, 0.4) is 0 Å². The second-order valence-electron chi connectivity index (χ2n) is 7.26. The van der Waals surface area contributed by atoms with Crippen LogP contribution in [0.1, 0.15) is 9.67 Å². The molecular formula is C21H19FN2O5S2. The summed E-state index contributed by atoms with van der Waals surface area (Å²) in [6.07, 6.45) is 0. The maximum Gasteiger partial charge on any atom is 0.264 e. The molecule has 0 unspecified atom stereocenters. The van der Waals surface area contributed by atoms with Gasteiger partial charge in [0.25, 0.3) is 5.91 Å². The fourth-order valence-corrected chi connectivity index (χ4v) is 6.23. The Hall–Kier alpha value is -2.69. The van der Waals surface area contributed by atoms with E-state index in [0.717, 1.165) is 0 Å². The lowest BCUT2D eigenvalue weighted by atomic mass is 10.2. The number of hydrogen-bond donors (Lipinski definition) is 0. The SMILES string of the molecule is O=C(c1cc2c(F)cccc2s1)N1CCN(S(=O)(=O)c2ccc3c(c2)OCCO3)CC1. The van der Waals surface area contributed by atoms with Crippen molar-refractivity contribution in [1.29, 1.82) is 0 Å². The zero-order chi connectivity index (χ0) is 21.6. The Labute approximate surface area is 182 Å². The molecule has 0 bridgehead atoms. The van der Waals surface area contributed by atoms with Crippen molar-refractivity contribution in [3.05, 3.63) is 53.2 Å². The van der Waals surface area contributed by atoms with Gasteiger partial charge in [0, 0.05) is 42.3 Å². The zero-order valence-corrected chi connectivity index (χ0v) is 18.0. The van der Waals surface area contributed by atoms with Crippen LogP contribution in [0.4, 0.5) is 4.39 Å². The van der Waals surface area contributed by atoms with E-state index in [9.17, 15) is 17.6 Å². The first-order valence-corrected chi connectivity index (χ1v) is 12.1. The largest absolute Gasteiger partial charge is 0.486 e. The van der Waals surface area contributed by atoms with E-state index < -0.39 is 10.0 Å². The number of thiophene rings is 1. The van der Waals surface area contributed by atoms with Crippen molar-refractivity contribution in [2.45, 2.75) is 4.90 Å². The van der Waals surface area contributed by atoms with Gasteiger partial charge in [-0.25, -0.2) is 12.8 Å². The maximum atomic E-state index is 13.9. The van der Waals surface area contributed by atoms with E-state index in [1.807, 2.05) is 0 Å². The molecule has 0 N–H and O–H groups in total. The molecule has 2 aliphatic rings. The summed E-state index contributed by atoms with van der Waals surface area (Å²) in [5, 5.41) is 0.427. The van der Waals surface area contributed by atoms with Crippen LogP contribution in [0.15, 0.2) is 47.4 Å². The molecule has 0 atom stereocenters. The first kappa shape index (κ1) is 20.2. The molecule has 10 heteroatoms. The molecule has 0 saturated carbocycles. The van der Waals surface area contributed by atoms with E-state index in [-0.39, 0.29) is 42.8 Å². The molecule has 162 valence electrons. The number of fused-ring (bicyclic) bond motifs is 2. The first-order chi connectivity index (χ1) is 14.9. The second-order valence-corrected chi connectivity index (χ2v) is 10.3. The fourth-order valence-electron chi connectivity index (χ4n) is 3.75. The van der Waals surface area contributed by atoms with Gasteiger partial charge in [-0.1, -0.05) is 6.07 Å². The molecule has 0 spiro atoms. The van der Waals surface area contributed by atoms with Crippen molar-refractivity contribution < 1.29 is 27.1 Å². The number of halogens is 1. The minimum absolute atomic E-state index is 0.136. The van der Waals surface area contributed by atoms with Crippen LogP contribution >= 0.6 is 11.3 Å². The van der Waals surface area contributed by atoms with Gasteiger partial charge in [-0.3, -0.25) is 4.79 Å². The molecule has 2 aliphatic heterocycles. The summed E-state index contributed by atoms with van der Waals surface area (Å²) < 4.78 is 53.1. The van der Waals surface area contributed by atoms with Crippen LogP contribution in [0.2, 0.25) is 0 Å². The van der Waals surface area contributed by atoms with Gasteiger partial charge in [0.15, 0.2) is 11.5 Å². The van der Waals surface area contributed by atoms with E-state index in [1.165, 1.54) is 33.8 Å². The molecule has 3 aromatic rings. The average molecular weight is 463 g/mol. The molecule has 7 nitrogen and oxygen atoms in total. The molecule has 1 aromatic heterocycles. The van der Waals surface area contributed by atoms with Gasteiger partial charge in [-0.15, -0.1) is 11.3 Å². The summed E-state index contributed by atoms with van der Waals surface area (Å²) in [4.78, 5) is 15.1. The third-order valence-electron chi connectivity index (χ3n) is 5.40. The smallest absolute Gasteiger partial charge is 0.264 e. The number of sulfonamides is 1. The number of carbonyl (C=O) groups is 1. The number of piperazine rings is 1. The number of nitrogens with zero attached hydrogens (tertiary/aromatic N) is 2. The minimum atomic E-state index is -3.72. The molecule has 0 radical (unpaired) electrons. The topological polar surface area (TPSA) is 76.2 Å². The predicted molar refractivity (Wildman–Crippen MR) is 114 cm³/mol. The predicted octanol–water partition coefficient (Wildman–Crippen LogP) is 2.96. The van der Waals surface area contributed by atoms with Crippen LogP contribution in [0.5, 0.6) is 11.5 Å². The van der Waals surface area contributed by atoms with Crippen molar-refractivity contribution in [1.82, 2.24) is 9.21 Å². The summed E-state index contributed by atoms with van der Waals surface area (Å²) in [6.45, 7) is 1.70. The van der Waals surface area contributed by atoms with Gasteiger partial charge in [-0.2, -0.15) is 4.31 Å². The number of hydrogen-bond acceptors (Lipinski definition) is 6. The van der Waals surface area contributed by atoms with Gasteiger partial charge in [0.05, 0.1) is 9.77 Å². The lowest BCUT2D eigenvalue weighted by Gasteiger charge is -2.34. The van der Waals surface area contributed by atoms with Crippen molar-refractivity contribution in [3.8, 4) is 11.5 Å². The van der Waals surface area contributed by atoms with Crippen molar-refractivity contribution in [2.24, 2.45) is 0 Å². The Morgan fingerprint density at radius 3 is 2.45 bits per heavy atom. The van der Waals surface area contributed by atoms with E-state index in [2.05, 4.69) is 0 Å². The van der Waals surface area contributed by atoms with Gasteiger partial charge < -0.3 is 14.4 Å². The lowest BCUT2D eigenvalue weighted by molar-refractivity contribution is 0.0703. The highest BCUT2D eigenvalue weighted by Crippen LogP contribution is 2.33. The van der Waals surface area contributed by atoms with E-state index in [4.69, 9.17) is 9.47 Å². The Kier molecular flexibility index (Phi) is 5.07. The molecule has 1 saturated heterocycles. The van der Waals surface area contributed by atoms with Crippen molar-refractivity contribution in [3.63, 3.8) is 0 Å². The van der Waals surface area contributed by atoms with Gasteiger partial charge in [0.1, 0.15) is 19.0 Å². The highest BCUT2D eigenvalue weighted by Gasteiger charge is 2.32. The Morgan fingerprint density at radius 2 is 1.71 bits per heavy atom. The molecule has 3 heterocycles. The zero-order valence-electron chi connectivity index (χ0n) is 16.4. The van der Waals surface area contributed by atoms with Gasteiger partial charge in [-0.05, 0) is 30.3 Å².